The Morgan fingerprint density at radius 2 is 2.18 bits per heavy atom. The van der Waals surface area contributed by atoms with Crippen LogP contribution in [0.15, 0.2) is 0 Å². The molecule has 8 nitrogen and oxygen atoms in total. The molecule has 0 aliphatic heterocycles. The molecule has 4 N–H and O–H groups in total. The van der Waals surface area contributed by atoms with Crippen molar-refractivity contribution in [3.63, 3.8) is 0 Å². The molecule has 0 saturated heterocycles. The molecule has 0 fully saturated rings. The summed E-state index contributed by atoms with van der Waals surface area (Å²) < 4.78 is 0. The minimum Gasteiger partial charge on any atom is -0.480 e. The first-order valence-electron chi connectivity index (χ1n) is 2.42. The van der Waals surface area contributed by atoms with Crippen LogP contribution in [0.25, 0.3) is 0 Å². The number of hydrogen-bond acceptors (Lipinski definition) is 6. The molecule has 0 aromatic heterocycles. The molecule has 2 atom stereocenters. The number of hydrogen-bond donors (Lipinski definition) is 3. The third kappa shape index (κ3) is 3.33. The Labute approximate surface area is 60.3 Å². The number of nitrogens with zero attached hydrogens (tertiary/aromatic N) is 1. The third-order valence-electron chi connectivity index (χ3n) is 0.786. The lowest BCUT2D eigenvalue weighted by Gasteiger charge is -2.11. The Bertz CT molecular complexity index is 169. The Kier molecular flexibility index (Phi) is 3.21. The molecule has 0 aromatic carbocycles. The van der Waals surface area contributed by atoms with E-state index in [0.29, 0.717) is 0 Å². The standard InChI is InChI=1S/C3H6N2O6/c4-1(2(6)7)3(8)11-5(9)10/h1,3,8H,4H2,(H,6,7). The van der Waals surface area contributed by atoms with E-state index in [4.69, 9.17) is 15.9 Å². The largest absolute Gasteiger partial charge is 0.480 e. The van der Waals surface area contributed by atoms with Gasteiger partial charge in [-0.3, -0.25) is 9.63 Å². The van der Waals surface area contributed by atoms with Crippen molar-refractivity contribution in [1.82, 2.24) is 0 Å². The molecule has 0 aliphatic carbocycles. The van der Waals surface area contributed by atoms with Gasteiger partial charge in [-0.1, -0.05) is 0 Å². The van der Waals surface area contributed by atoms with E-state index >= 15 is 0 Å². The quantitative estimate of drug-likeness (QED) is 0.247. The number of carboxylic acids is 1. The molecule has 0 aliphatic rings. The molecule has 11 heavy (non-hydrogen) atoms. The second-order valence-electron chi connectivity index (χ2n) is 1.58. The van der Waals surface area contributed by atoms with E-state index in [-0.39, 0.29) is 0 Å². The fourth-order valence-corrected chi connectivity index (χ4v) is 0.276. The second-order valence-corrected chi connectivity index (χ2v) is 1.58. The maximum atomic E-state index is 9.93. The molecule has 0 aromatic rings. The normalized spacial score (nSPS) is 15.1. The average molecular weight is 166 g/mol. The minimum absolute atomic E-state index is 1.33. The van der Waals surface area contributed by atoms with Gasteiger partial charge in [0.05, 0.1) is 0 Å². The molecule has 0 bridgehead atoms. The van der Waals surface area contributed by atoms with Gasteiger partial charge in [-0.15, -0.1) is 10.1 Å². The smallest absolute Gasteiger partial charge is 0.325 e. The van der Waals surface area contributed by atoms with Gasteiger partial charge in [0.2, 0.25) is 6.29 Å². The number of carboxylic acid groups (broad SMARTS) is 1. The first kappa shape index (κ1) is 9.59. The number of aliphatic carboxylic acids is 1. The lowest BCUT2D eigenvalue weighted by atomic mass is 10.3. The highest BCUT2D eigenvalue weighted by molar-refractivity contribution is 5.73. The second kappa shape index (κ2) is 3.68. The van der Waals surface area contributed by atoms with Crippen molar-refractivity contribution < 1.29 is 24.9 Å². The molecule has 0 radical (unpaired) electrons. The highest BCUT2D eigenvalue weighted by Crippen LogP contribution is 1.92. The molecular formula is C3H6N2O6. The fraction of sp³-hybridized carbons (Fsp3) is 0.667. The zero-order chi connectivity index (χ0) is 9.02. The van der Waals surface area contributed by atoms with Gasteiger partial charge >= 0.3 is 5.97 Å². The summed E-state index contributed by atoms with van der Waals surface area (Å²) in [5.74, 6) is -1.58. The molecule has 0 heterocycles. The van der Waals surface area contributed by atoms with E-state index in [1.54, 1.807) is 0 Å². The van der Waals surface area contributed by atoms with Gasteiger partial charge in [0.15, 0.2) is 6.04 Å². The predicted molar refractivity (Wildman–Crippen MR) is 29.7 cm³/mol. The first-order chi connectivity index (χ1) is 4.95. The SMILES string of the molecule is NC(C(=O)O)C(O)O[N+](=O)[O-]. The Morgan fingerprint density at radius 1 is 1.73 bits per heavy atom. The van der Waals surface area contributed by atoms with Crippen molar-refractivity contribution in [2.24, 2.45) is 5.73 Å². The number of rotatable bonds is 4. The first-order valence-corrected chi connectivity index (χ1v) is 2.42. The molecule has 64 valence electrons. The van der Waals surface area contributed by atoms with Gasteiger partial charge in [0.1, 0.15) is 0 Å². The number of aliphatic hydroxyl groups is 1. The van der Waals surface area contributed by atoms with E-state index in [9.17, 15) is 14.9 Å². The van der Waals surface area contributed by atoms with E-state index < -0.39 is 23.4 Å². The van der Waals surface area contributed by atoms with Crippen LogP contribution in [0.1, 0.15) is 0 Å². The lowest BCUT2D eigenvalue weighted by Crippen LogP contribution is -2.44. The molecule has 0 rings (SSSR count). The molecule has 2 unspecified atom stereocenters. The summed E-state index contributed by atoms with van der Waals surface area (Å²) in [4.78, 5) is 22.9. The maximum absolute atomic E-state index is 9.93. The Morgan fingerprint density at radius 3 is 2.45 bits per heavy atom. The average Bonchev–Trinajstić information content (AvgIpc) is 1.84. The summed E-state index contributed by atoms with van der Waals surface area (Å²) in [7, 11) is 0. The van der Waals surface area contributed by atoms with Crippen LogP contribution >= 0.6 is 0 Å². The van der Waals surface area contributed by atoms with Gasteiger partial charge in [-0.05, 0) is 0 Å². The predicted octanol–water partition coefficient (Wildman–Crippen LogP) is -2.07. The van der Waals surface area contributed by atoms with E-state index in [1.807, 2.05) is 0 Å². The maximum Gasteiger partial charge on any atom is 0.325 e. The molecule has 0 saturated carbocycles. The zero-order valence-electron chi connectivity index (χ0n) is 5.21. The van der Waals surface area contributed by atoms with E-state index in [1.165, 1.54) is 0 Å². The fourth-order valence-electron chi connectivity index (χ4n) is 0.276. The van der Waals surface area contributed by atoms with Gasteiger partial charge < -0.3 is 15.9 Å². The van der Waals surface area contributed by atoms with E-state index in [0.717, 1.165) is 0 Å². The highest BCUT2D eigenvalue weighted by atomic mass is 17.0. The van der Waals surface area contributed by atoms with Crippen LogP contribution in [0.3, 0.4) is 0 Å². The summed E-state index contributed by atoms with van der Waals surface area (Å²) in [5.41, 5.74) is 4.73. The third-order valence-corrected chi connectivity index (χ3v) is 0.786. The van der Waals surface area contributed by atoms with Crippen molar-refractivity contribution in [2.45, 2.75) is 12.3 Å². The molecule has 0 amide bonds. The molecule has 8 heteroatoms. The van der Waals surface area contributed by atoms with Crippen LogP contribution in [-0.4, -0.2) is 33.6 Å². The zero-order valence-corrected chi connectivity index (χ0v) is 5.21. The summed E-state index contributed by atoms with van der Waals surface area (Å²) in [6, 6.07) is -1.82. The molecule has 0 spiro atoms. The van der Waals surface area contributed by atoms with Crippen molar-refractivity contribution >= 4 is 5.97 Å². The monoisotopic (exact) mass is 166 g/mol. The number of aliphatic hydroxyl groups excluding tert-OH is 1. The summed E-state index contributed by atoms with van der Waals surface area (Å²) in [5, 5.41) is 24.8. The highest BCUT2D eigenvalue weighted by Gasteiger charge is 2.24. The van der Waals surface area contributed by atoms with Crippen molar-refractivity contribution in [2.75, 3.05) is 0 Å². The van der Waals surface area contributed by atoms with Gasteiger partial charge in [-0.2, -0.15) is 0 Å². The summed E-state index contributed by atoms with van der Waals surface area (Å²) in [6.45, 7) is 0. The Balaban J connectivity index is 3.92. The summed E-state index contributed by atoms with van der Waals surface area (Å²) in [6.07, 6.45) is -2.14. The minimum atomic E-state index is -2.14. The lowest BCUT2D eigenvalue weighted by molar-refractivity contribution is -0.780. The van der Waals surface area contributed by atoms with Crippen LogP contribution < -0.4 is 5.73 Å². The molecular weight excluding hydrogens is 160 g/mol. The van der Waals surface area contributed by atoms with Crippen molar-refractivity contribution in [3.8, 4) is 0 Å². The van der Waals surface area contributed by atoms with Gasteiger partial charge in [-0.25, -0.2) is 0 Å². The van der Waals surface area contributed by atoms with Gasteiger partial charge in [0.25, 0.3) is 5.09 Å². The van der Waals surface area contributed by atoms with E-state index in [2.05, 4.69) is 4.84 Å². The van der Waals surface area contributed by atoms with Crippen LogP contribution in [0.2, 0.25) is 0 Å². The topological polar surface area (TPSA) is 136 Å². The van der Waals surface area contributed by atoms with Crippen molar-refractivity contribution in [1.29, 1.82) is 0 Å². The van der Waals surface area contributed by atoms with Crippen LogP contribution in [0, 0.1) is 10.1 Å². The summed E-state index contributed by atoms with van der Waals surface area (Å²) >= 11 is 0. The van der Waals surface area contributed by atoms with Gasteiger partial charge in [0, 0.05) is 0 Å². The van der Waals surface area contributed by atoms with Crippen LogP contribution in [0.5, 0.6) is 0 Å². The van der Waals surface area contributed by atoms with Crippen LogP contribution in [-0.2, 0) is 9.63 Å². The van der Waals surface area contributed by atoms with Crippen LogP contribution in [0.4, 0.5) is 0 Å². The number of nitrogens with two attached hydrogens (primary N) is 1. The van der Waals surface area contributed by atoms with Crippen molar-refractivity contribution in [3.05, 3.63) is 10.1 Å². The Hall–Kier alpha value is -1.41. The number of carbonyl (C=O) groups is 1.